The first-order valence-corrected chi connectivity index (χ1v) is 6.98. The van der Waals surface area contributed by atoms with Gasteiger partial charge in [-0.3, -0.25) is 14.9 Å². The van der Waals surface area contributed by atoms with Crippen molar-refractivity contribution in [1.82, 2.24) is 10.6 Å². The zero-order chi connectivity index (χ0) is 15.4. The second-order valence-electron chi connectivity index (χ2n) is 5.21. The van der Waals surface area contributed by atoms with Crippen molar-refractivity contribution >= 4 is 17.3 Å². The number of rotatable bonds is 5. The molecule has 2 rings (SSSR count). The largest absolute Gasteiger partial charge is 0.367 e. The summed E-state index contributed by atoms with van der Waals surface area (Å²) in [5, 5.41) is 17.1. The van der Waals surface area contributed by atoms with E-state index >= 15 is 0 Å². The number of nitro benzene ring substituents is 1. The van der Waals surface area contributed by atoms with E-state index in [1.807, 2.05) is 11.9 Å². The predicted octanol–water partition coefficient (Wildman–Crippen LogP) is 1.14. The molecule has 0 radical (unpaired) electrons. The zero-order valence-corrected chi connectivity index (χ0v) is 12.3. The first-order chi connectivity index (χ1) is 10.0. The highest BCUT2D eigenvalue weighted by Crippen LogP contribution is 2.29. The van der Waals surface area contributed by atoms with Crippen LogP contribution in [0.1, 0.15) is 23.2 Å². The minimum atomic E-state index is -0.444. The maximum absolute atomic E-state index is 11.6. The number of carbonyl (C=O) groups is 1. The van der Waals surface area contributed by atoms with Crippen LogP contribution in [0.5, 0.6) is 0 Å². The van der Waals surface area contributed by atoms with Gasteiger partial charge in [-0.05, 0) is 31.5 Å². The van der Waals surface area contributed by atoms with Crippen molar-refractivity contribution < 1.29 is 9.72 Å². The summed E-state index contributed by atoms with van der Waals surface area (Å²) in [6, 6.07) is 4.93. The number of nitrogens with one attached hydrogen (secondary N) is 2. The van der Waals surface area contributed by atoms with Gasteiger partial charge in [0.15, 0.2) is 0 Å². The first kappa shape index (κ1) is 15.2. The Bertz CT molecular complexity index is 541. The van der Waals surface area contributed by atoms with Gasteiger partial charge in [-0.15, -0.1) is 0 Å². The molecule has 1 aliphatic rings. The SMILES string of the molecule is CNC(=O)c1ccc(N(C)CC2CCCN2)c([N+](=O)[O-])c1. The van der Waals surface area contributed by atoms with Crippen molar-refractivity contribution in [2.75, 3.05) is 32.1 Å². The summed E-state index contributed by atoms with van der Waals surface area (Å²) in [5.74, 6) is -0.329. The van der Waals surface area contributed by atoms with Crippen LogP contribution in [0.4, 0.5) is 11.4 Å². The van der Waals surface area contributed by atoms with Crippen LogP contribution in [-0.4, -0.2) is 44.1 Å². The van der Waals surface area contributed by atoms with Gasteiger partial charge < -0.3 is 15.5 Å². The summed E-state index contributed by atoms with van der Waals surface area (Å²) in [7, 11) is 3.34. The molecule has 0 bridgehead atoms. The van der Waals surface area contributed by atoms with E-state index in [4.69, 9.17) is 0 Å². The monoisotopic (exact) mass is 292 g/mol. The third-order valence-corrected chi connectivity index (χ3v) is 3.73. The average molecular weight is 292 g/mol. The number of amides is 1. The van der Waals surface area contributed by atoms with Gasteiger partial charge in [-0.25, -0.2) is 0 Å². The maximum atomic E-state index is 11.6. The second-order valence-corrected chi connectivity index (χ2v) is 5.21. The Morgan fingerprint density at radius 3 is 2.90 bits per heavy atom. The van der Waals surface area contributed by atoms with Crippen molar-refractivity contribution in [2.24, 2.45) is 0 Å². The number of carbonyl (C=O) groups excluding carboxylic acids is 1. The highest BCUT2D eigenvalue weighted by molar-refractivity contribution is 5.95. The molecule has 1 aliphatic heterocycles. The fraction of sp³-hybridized carbons (Fsp3) is 0.500. The Balaban J connectivity index is 2.24. The van der Waals surface area contributed by atoms with E-state index in [0.717, 1.165) is 19.4 Å². The lowest BCUT2D eigenvalue weighted by Crippen LogP contribution is -2.35. The van der Waals surface area contributed by atoms with Gasteiger partial charge in [-0.1, -0.05) is 0 Å². The molecule has 0 spiro atoms. The summed E-state index contributed by atoms with van der Waals surface area (Å²) >= 11 is 0. The summed E-state index contributed by atoms with van der Waals surface area (Å²) in [4.78, 5) is 24.3. The number of nitro groups is 1. The Morgan fingerprint density at radius 1 is 1.57 bits per heavy atom. The molecule has 1 aromatic carbocycles. The number of likely N-dealkylation sites (N-methyl/N-ethyl adjacent to an activating group) is 1. The molecule has 1 unspecified atom stereocenters. The number of nitrogens with zero attached hydrogens (tertiary/aromatic N) is 2. The van der Waals surface area contributed by atoms with Crippen LogP contribution in [0.25, 0.3) is 0 Å². The zero-order valence-electron chi connectivity index (χ0n) is 12.3. The normalized spacial score (nSPS) is 17.5. The smallest absolute Gasteiger partial charge is 0.293 e. The summed E-state index contributed by atoms with van der Waals surface area (Å²) in [6.45, 7) is 1.70. The lowest BCUT2D eigenvalue weighted by atomic mass is 10.1. The summed E-state index contributed by atoms with van der Waals surface area (Å²) in [5.41, 5.74) is 0.776. The van der Waals surface area contributed by atoms with Crippen LogP contribution >= 0.6 is 0 Å². The topological polar surface area (TPSA) is 87.5 Å². The van der Waals surface area contributed by atoms with Crippen molar-refractivity contribution in [3.8, 4) is 0 Å². The Kier molecular flexibility index (Phi) is 4.74. The van der Waals surface area contributed by atoms with Crippen molar-refractivity contribution in [3.63, 3.8) is 0 Å². The number of hydrogen-bond donors (Lipinski definition) is 2. The molecule has 7 nitrogen and oxygen atoms in total. The van der Waals surface area contributed by atoms with E-state index in [-0.39, 0.29) is 11.6 Å². The lowest BCUT2D eigenvalue weighted by Gasteiger charge is -2.23. The van der Waals surface area contributed by atoms with E-state index in [0.29, 0.717) is 23.8 Å². The van der Waals surface area contributed by atoms with Crippen molar-refractivity contribution in [1.29, 1.82) is 0 Å². The molecule has 1 atom stereocenters. The van der Waals surface area contributed by atoms with E-state index in [9.17, 15) is 14.9 Å². The molecule has 1 fully saturated rings. The van der Waals surface area contributed by atoms with Crippen LogP contribution in [0.15, 0.2) is 18.2 Å². The van der Waals surface area contributed by atoms with Crippen LogP contribution in [-0.2, 0) is 0 Å². The Morgan fingerprint density at radius 2 is 2.33 bits per heavy atom. The minimum absolute atomic E-state index is 0.0448. The molecule has 0 aliphatic carbocycles. The molecule has 21 heavy (non-hydrogen) atoms. The van der Waals surface area contributed by atoms with Gasteiger partial charge in [0, 0.05) is 38.3 Å². The minimum Gasteiger partial charge on any atom is -0.367 e. The number of hydrogen-bond acceptors (Lipinski definition) is 5. The molecular weight excluding hydrogens is 272 g/mol. The average Bonchev–Trinajstić information content (AvgIpc) is 2.98. The molecule has 1 saturated heterocycles. The third kappa shape index (κ3) is 3.49. The van der Waals surface area contributed by atoms with Crippen LogP contribution in [0.2, 0.25) is 0 Å². The van der Waals surface area contributed by atoms with E-state index < -0.39 is 4.92 Å². The van der Waals surface area contributed by atoms with Crippen LogP contribution < -0.4 is 15.5 Å². The lowest BCUT2D eigenvalue weighted by molar-refractivity contribution is -0.384. The first-order valence-electron chi connectivity index (χ1n) is 6.98. The van der Waals surface area contributed by atoms with Gasteiger partial charge in [0.1, 0.15) is 5.69 Å². The van der Waals surface area contributed by atoms with E-state index in [1.165, 1.54) is 13.1 Å². The Hall–Kier alpha value is -2.15. The molecule has 7 heteroatoms. The molecule has 1 aromatic rings. The standard InChI is InChI=1S/C14H20N4O3/c1-15-14(19)10-5-6-12(13(8-10)18(20)21)17(2)9-11-4-3-7-16-11/h5-6,8,11,16H,3-4,7,9H2,1-2H3,(H,15,19). The summed E-state index contributed by atoms with van der Waals surface area (Å²) in [6.07, 6.45) is 2.21. The number of benzene rings is 1. The van der Waals surface area contributed by atoms with Gasteiger partial charge in [0.2, 0.25) is 0 Å². The van der Waals surface area contributed by atoms with Crippen LogP contribution in [0.3, 0.4) is 0 Å². The highest BCUT2D eigenvalue weighted by atomic mass is 16.6. The van der Waals surface area contributed by atoms with E-state index in [2.05, 4.69) is 10.6 Å². The molecule has 0 aromatic heterocycles. The fourth-order valence-electron chi connectivity index (χ4n) is 2.62. The quantitative estimate of drug-likeness (QED) is 0.628. The number of anilines is 1. The van der Waals surface area contributed by atoms with Gasteiger partial charge in [0.05, 0.1) is 4.92 Å². The molecule has 114 valence electrons. The highest BCUT2D eigenvalue weighted by Gasteiger charge is 2.22. The predicted molar refractivity (Wildman–Crippen MR) is 80.8 cm³/mol. The van der Waals surface area contributed by atoms with Crippen molar-refractivity contribution in [2.45, 2.75) is 18.9 Å². The molecule has 1 heterocycles. The third-order valence-electron chi connectivity index (χ3n) is 3.73. The molecule has 2 N–H and O–H groups in total. The van der Waals surface area contributed by atoms with Gasteiger partial charge >= 0.3 is 0 Å². The fourth-order valence-corrected chi connectivity index (χ4v) is 2.62. The van der Waals surface area contributed by atoms with E-state index in [1.54, 1.807) is 12.1 Å². The van der Waals surface area contributed by atoms with Crippen LogP contribution in [0, 0.1) is 10.1 Å². The Labute approximate surface area is 123 Å². The maximum Gasteiger partial charge on any atom is 0.293 e. The van der Waals surface area contributed by atoms with Crippen molar-refractivity contribution in [3.05, 3.63) is 33.9 Å². The summed E-state index contributed by atoms with van der Waals surface area (Å²) < 4.78 is 0. The molecule has 1 amide bonds. The molecule has 0 saturated carbocycles. The van der Waals surface area contributed by atoms with Gasteiger partial charge in [-0.2, -0.15) is 0 Å². The molecular formula is C14H20N4O3. The second kappa shape index (κ2) is 6.53. The van der Waals surface area contributed by atoms with Gasteiger partial charge in [0.25, 0.3) is 11.6 Å².